The van der Waals surface area contributed by atoms with Crippen molar-refractivity contribution in [3.05, 3.63) is 59.9 Å². The van der Waals surface area contributed by atoms with Crippen LogP contribution in [-0.4, -0.2) is 23.5 Å². The van der Waals surface area contributed by atoms with Crippen LogP contribution in [0.15, 0.2) is 48.7 Å². The summed E-state index contributed by atoms with van der Waals surface area (Å²) in [6, 6.07) is 12.3. The fraction of sp³-hybridized carbons (Fsp3) is 0.133. The van der Waals surface area contributed by atoms with E-state index in [2.05, 4.69) is 10.3 Å². The Balaban J connectivity index is 1.84. The van der Waals surface area contributed by atoms with Crippen molar-refractivity contribution in [3.8, 4) is 0 Å². The predicted molar refractivity (Wildman–Crippen MR) is 74.3 cm³/mol. The van der Waals surface area contributed by atoms with Crippen molar-refractivity contribution in [2.45, 2.75) is 6.92 Å². The summed E-state index contributed by atoms with van der Waals surface area (Å²) in [7, 11) is 0. The summed E-state index contributed by atoms with van der Waals surface area (Å²) in [5.74, 6) is -0.953. The minimum absolute atomic E-state index is 0.322. The highest BCUT2D eigenvalue weighted by molar-refractivity contribution is 5.95. The summed E-state index contributed by atoms with van der Waals surface area (Å²) in [5, 5.41) is 2.63. The Labute approximate surface area is 116 Å². The van der Waals surface area contributed by atoms with Crippen molar-refractivity contribution in [1.29, 1.82) is 0 Å². The van der Waals surface area contributed by atoms with Crippen LogP contribution in [-0.2, 0) is 9.53 Å². The number of carbonyl (C=O) groups excluding carboxylic acids is 2. The first-order valence-corrected chi connectivity index (χ1v) is 6.10. The maximum absolute atomic E-state index is 11.7. The second-order valence-electron chi connectivity index (χ2n) is 4.18. The highest BCUT2D eigenvalue weighted by Gasteiger charge is 2.10. The van der Waals surface area contributed by atoms with Gasteiger partial charge in [-0.15, -0.1) is 0 Å². The van der Waals surface area contributed by atoms with Crippen LogP contribution >= 0.6 is 0 Å². The minimum Gasteiger partial charge on any atom is -0.452 e. The van der Waals surface area contributed by atoms with Crippen LogP contribution < -0.4 is 5.32 Å². The third-order valence-electron chi connectivity index (χ3n) is 2.54. The van der Waals surface area contributed by atoms with E-state index >= 15 is 0 Å². The lowest BCUT2D eigenvalue weighted by Gasteiger charge is -2.06. The molecule has 1 N–H and O–H groups in total. The van der Waals surface area contributed by atoms with E-state index in [9.17, 15) is 9.59 Å². The van der Waals surface area contributed by atoms with E-state index in [1.165, 1.54) is 6.20 Å². The monoisotopic (exact) mass is 270 g/mol. The smallest absolute Gasteiger partial charge is 0.340 e. The quantitative estimate of drug-likeness (QED) is 0.865. The normalized spacial score (nSPS) is 9.85. The Morgan fingerprint density at radius 3 is 2.55 bits per heavy atom. The van der Waals surface area contributed by atoms with Crippen molar-refractivity contribution in [2.75, 3.05) is 11.9 Å². The first-order chi connectivity index (χ1) is 9.65. The van der Waals surface area contributed by atoms with Crippen LogP contribution in [0.4, 0.5) is 5.69 Å². The van der Waals surface area contributed by atoms with Gasteiger partial charge in [0.1, 0.15) is 0 Å². The van der Waals surface area contributed by atoms with Crippen molar-refractivity contribution in [2.24, 2.45) is 0 Å². The fourth-order valence-corrected chi connectivity index (χ4v) is 1.52. The maximum atomic E-state index is 11.7. The first-order valence-electron chi connectivity index (χ1n) is 6.10. The summed E-state index contributed by atoms with van der Waals surface area (Å²) >= 11 is 0. The molecule has 0 aliphatic heterocycles. The molecule has 0 saturated carbocycles. The van der Waals surface area contributed by atoms with Gasteiger partial charge in [-0.25, -0.2) is 4.79 Å². The third kappa shape index (κ3) is 3.91. The second-order valence-corrected chi connectivity index (χ2v) is 4.18. The van der Waals surface area contributed by atoms with E-state index in [4.69, 9.17) is 4.74 Å². The van der Waals surface area contributed by atoms with Crippen LogP contribution in [0.25, 0.3) is 0 Å². The number of benzene rings is 1. The number of hydrogen-bond donors (Lipinski definition) is 1. The molecule has 0 saturated heterocycles. The molecule has 1 amide bonds. The number of aryl methyl sites for hydroxylation is 1. The molecular formula is C15H14N2O3. The van der Waals surface area contributed by atoms with Crippen molar-refractivity contribution >= 4 is 17.6 Å². The van der Waals surface area contributed by atoms with E-state index in [1.54, 1.807) is 36.4 Å². The Morgan fingerprint density at radius 1 is 1.15 bits per heavy atom. The molecular weight excluding hydrogens is 256 g/mol. The molecule has 2 aromatic rings. The summed E-state index contributed by atoms with van der Waals surface area (Å²) in [6.07, 6.45) is 1.42. The average molecular weight is 270 g/mol. The Morgan fingerprint density at radius 2 is 1.90 bits per heavy atom. The van der Waals surface area contributed by atoms with E-state index in [0.717, 1.165) is 5.69 Å². The molecule has 5 nitrogen and oxygen atoms in total. The molecule has 5 heteroatoms. The number of aromatic nitrogens is 1. The Kier molecular flexibility index (Phi) is 4.44. The number of amides is 1. The lowest BCUT2D eigenvalue weighted by molar-refractivity contribution is -0.119. The van der Waals surface area contributed by atoms with Gasteiger partial charge in [0.15, 0.2) is 6.61 Å². The molecule has 1 aromatic heterocycles. The third-order valence-corrected chi connectivity index (χ3v) is 2.54. The molecule has 102 valence electrons. The second kappa shape index (κ2) is 6.47. The van der Waals surface area contributed by atoms with Crippen LogP contribution in [0, 0.1) is 6.92 Å². The molecule has 0 atom stereocenters. The van der Waals surface area contributed by atoms with Crippen molar-refractivity contribution in [3.63, 3.8) is 0 Å². The molecule has 2 rings (SSSR count). The molecule has 1 aromatic carbocycles. The zero-order valence-corrected chi connectivity index (χ0v) is 11.0. The standard InChI is InChI=1S/C15H14N2O3/c1-11-7-8-12(9-16-11)15(19)20-10-14(18)17-13-5-3-2-4-6-13/h2-9H,10H2,1H3,(H,17,18). The number of anilines is 1. The molecule has 1 heterocycles. The zero-order valence-electron chi connectivity index (χ0n) is 11.0. The number of para-hydroxylation sites is 1. The lowest BCUT2D eigenvalue weighted by atomic mass is 10.2. The zero-order chi connectivity index (χ0) is 14.4. The van der Waals surface area contributed by atoms with Gasteiger partial charge < -0.3 is 10.1 Å². The summed E-state index contributed by atoms with van der Waals surface area (Å²) < 4.78 is 4.91. The lowest BCUT2D eigenvalue weighted by Crippen LogP contribution is -2.20. The van der Waals surface area contributed by atoms with Crippen molar-refractivity contribution < 1.29 is 14.3 Å². The summed E-state index contributed by atoms with van der Waals surface area (Å²) in [6.45, 7) is 1.49. The van der Waals surface area contributed by atoms with E-state index < -0.39 is 5.97 Å². The number of ether oxygens (including phenoxy) is 1. The molecule has 0 aliphatic rings. The molecule has 0 spiro atoms. The fourth-order valence-electron chi connectivity index (χ4n) is 1.52. The average Bonchev–Trinajstić information content (AvgIpc) is 2.46. The molecule has 0 fully saturated rings. The Bertz CT molecular complexity index is 594. The van der Waals surface area contributed by atoms with Crippen LogP contribution in [0.1, 0.15) is 16.1 Å². The largest absolute Gasteiger partial charge is 0.452 e. The SMILES string of the molecule is Cc1ccc(C(=O)OCC(=O)Nc2ccccc2)cn1. The number of nitrogens with zero attached hydrogens (tertiary/aromatic N) is 1. The van der Waals surface area contributed by atoms with Crippen LogP contribution in [0.2, 0.25) is 0 Å². The summed E-state index contributed by atoms with van der Waals surface area (Å²) in [5.41, 5.74) is 1.79. The molecule has 0 radical (unpaired) electrons. The maximum Gasteiger partial charge on any atom is 0.340 e. The van der Waals surface area contributed by atoms with Gasteiger partial charge in [-0.05, 0) is 31.2 Å². The van der Waals surface area contributed by atoms with Gasteiger partial charge in [0.2, 0.25) is 0 Å². The van der Waals surface area contributed by atoms with Gasteiger partial charge in [0.05, 0.1) is 5.56 Å². The number of carbonyl (C=O) groups is 2. The Hall–Kier alpha value is -2.69. The van der Waals surface area contributed by atoms with E-state index in [-0.39, 0.29) is 12.5 Å². The molecule has 0 aliphatic carbocycles. The number of esters is 1. The topological polar surface area (TPSA) is 68.3 Å². The molecule has 0 unspecified atom stereocenters. The molecule has 20 heavy (non-hydrogen) atoms. The number of nitrogens with one attached hydrogen (secondary N) is 1. The van der Waals surface area contributed by atoms with Gasteiger partial charge >= 0.3 is 5.97 Å². The van der Waals surface area contributed by atoms with Gasteiger partial charge in [0, 0.05) is 17.6 Å². The number of hydrogen-bond acceptors (Lipinski definition) is 4. The highest BCUT2D eigenvalue weighted by Crippen LogP contribution is 2.05. The number of rotatable bonds is 4. The van der Waals surface area contributed by atoms with Crippen LogP contribution in [0.5, 0.6) is 0 Å². The van der Waals surface area contributed by atoms with Gasteiger partial charge in [-0.1, -0.05) is 18.2 Å². The first kappa shape index (κ1) is 13.7. The van der Waals surface area contributed by atoms with Gasteiger partial charge in [-0.2, -0.15) is 0 Å². The van der Waals surface area contributed by atoms with Crippen molar-refractivity contribution in [1.82, 2.24) is 4.98 Å². The van der Waals surface area contributed by atoms with Gasteiger partial charge in [-0.3, -0.25) is 9.78 Å². The molecule has 0 bridgehead atoms. The van der Waals surface area contributed by atoms with E-state index in [0.29, 0.717) is 11.3 Å². The number of pyridine rings is 1. The van der Waals surface area contributed by atoms with Gasteiger partial charge in [0.25, 0.3) is 5.91 Å². The summed E-state index contributed by atoms with van der Waals surface area (Å²) in [4.78, 5) is 27.3. The van der Waals surface area contributed by atoms with E-state index in [1.807, 2.05) is 13.0 Å². The van der Waals surface area contributed by atoms with Crippen LogP contribution in [0.3, 0.4) is 0 Å². The minimum atomic E-state index is -0.569. The highest BCUT2D eigenvalue weighted by atomic mass is 16.5. The predicted octanol–water partition coefficient (Wildman–Crippen LogP) is 2.19.